The molecule has 0 aromatic carbocycles. The Kier molecular flexibility index (Phi) is 3.13. The highest BCUT2D eigenvalue weighted by Crippen LogP contribution is 2.01. The third-order valence-electron chi connectivity index (χ3n) is 0.631. The Morgan fingerprint density at radius 1 is 1.88 bits per heavy atom. The molecule has 0 saturated carbocycles. The maximum absolute atomic E-state index is 8.15. The monoisotopic (exact) mass is 173 g/mol. The van der Waals surface area contributed by atoms with Crippen LogP contribution in [-0.4, -0.2) is 5.71 Å². The van der Waals surface area contributed by atoms with Gasteiger partial charge >= 0.3 is 0 Å². The number of nitrogens with zero attached hydrogens (tertiary/aromatic N) is 1. The number of hydrogen-bond acceptors (Lipinski definition) is 1. The lowest BCUT2D eigenvalue weighted by atomic mass is 10.4. The van der Waals surface area contributed by atoms with Crippen molar-refractivity contribution in [3.8, 4) is 6.07 Å². The molecule has 0 unspecified atom stereocenters. The van der Waals surface area contributed by atoms with Crippen LogP contribution in [-0.2, 0) is 0 Å². The van der Waals surface area contributed by atoms with Gasteiger partial charge < -0.3 is 0 Å². The van der Waals surface area contributed by atoms with Gasteiger partial charge in [0.25, 0.3) is 5.71 Å². The first-order chi connectivity index (χ1) is 3.72. The first-order valence-corrected chi connectivity index (χ1v) is 2.86. The first kappa shape index (κ1) is 7.38. The second kappa shape index (κ2) is 3.39. The number of allylic oxidation sites excluding steroid dienone is 2. The summed E-state index contributed by atoms with van der Waals surface area (Å²) in [6.45, 7) is 1.80. The van der Waals surface area contributed by atoms with Crippen molar-refractivity contribution in [2.45, 2.75) is 6.92 Å². The fourth-order valence-electron chi connectivity index (χ4n) is 0.209. The van der Waals surface area contributed by atoms with Crippen molar-refractivity contribution >= 4 is 21.6 Å². The lowest BCUT2D eigenvalue weighted by molar-refractivity contribution is -0.110. The van der Waals surface area contributed by atoms with Gasteiger partial charge in [-0.2, -0.15) is 5.26 Å². The lowest BCUT2D eigenvalue weighted by Gasteiger charge is -1.78. The standard InChI is InChI=1S/C5H5BrN2/c1-2-4(6)5(8)3-7/h2,8H,1H3/p+1/b4-2+,8-5?. The zero-order valence-corrected chi connectivity index (χ0v) is 6.07. The van der Waals surface area contributed by atoms with Gasteiger partial charge in [0.05, 0.1) is 4.48 Å². The molecular weight excluding hydrogens is 168 g/mol. The van der Waals surface area contributed by atoms with Crippen LogP contribution in [0.25, 0.3) is 0 Å². The van der Waals surface area contributed by atoms with Crippen LogP contribution in [0.5, 0.6) is 0 Å². The summed E-state index contributed by atoms with van der Waals surface area (Å²) in [7, 11) is 0. The van der Waals surface area contributed by atoms with Crippen LogP contribution in [0.15, 0.2) is 10.6 Å². The Morgan fingerprint density at radius 3 is 2.50 bits per heavy atom. The Labute approximate surface area is 56.5 Å². The quantitative estimate of drug-likeness (QED) is 0.559. The Balaban J connectivity index is 4.10. The average molecular weight is 174 g/mol. The minimum atomic E-state index is 0.215. The summed E-state index contributed by atoms with van der Waals surface area (Å²) in [5.74, 6) is 0. The fraction of sp³-hybridized carbons (Fsp3) is 0.200. The molecule has 0 heterocycles. The molecule has 42 valence electrons. The minimum absolute atomic E-state index is 0.215. The van der Waals surface area contributed by atoms with E-state index in [0.29, 0.717) is 4.48 Å². The molecule has 0 aromatic rings. The van der Waals surface area contributed by atoms with E-state index in [9.17, 15) is 0 Å². The maximum Gasteiger partial charge on any atom is 0.288 e. The molecule has 0 aromatic heterocycles. The number of halogens is 1. The van der Waals surface area contributed by atoms with Gasteiger partial charge in [0.15, 0.2) is 6.07 Å². The molecule has 0 atom stereocenters. The van der Waals surface area contributed by atoms with Gasteiger partial charge in [-0.25, -0.2) is 5.41 Å². The molecule has 2 nitrogen and oxygen atoms in total. The van der Waals surface area contributed by atoms with Crippen LogP contribution in [0.3, 0.4) is 0 Å². The van der Waals surface area contributed by atoms with E-state index in [2.05, 4.69) is 15.9 Å². The second-order valence-electron chi connectivity index (χ2n) is 1.16. The summed E-state index contributed by atoms with van der Waals surface area (Å²) in [4.78, 5) is 0. The molecule has 3 heteroatoms. The number of nitrogens with two attached hydrogens (primary N) is 1. The highest BCUT2D eigenvalue weighted by molar-refractivity contribution is 9.12. The van der Waals surface area contributed by atoms with Crippen molar-refractivity contribution in [2.75, 3.05) is 0 Å². The van der Waals surface area contributed by atoms with Gasteiger partial charge in [0.2, 0.25) is 0 Å². The molecule has 0 saturated heterocycles. The van der Waals surface area contributed by atoms with E-state index in [1.54, 1.807) is 19.1 Å². The van der Waals surface area contributed by atoms with Gasteiger partial charge in [0, 0.05) is 0 Å². The van der Waals surface area contributed by atoms with E-state index >= 15 is 0 Å². The summed E-state index contributed by atoms with van der Waals surface area (Å²) >= 11 is 3.08. The zero-order chi connectivity index (χ0) is 6.57. The van der Waals surface area contributed by atoms with Crippen LogP contribution in [0.2, 0.25) is 0 Å². The van der Waals surface area contributed by atoms with E-state index < -0.39 is 0 Å². The molecule has 0 spiro atoms. The summed E-state index contributed by atoms with van der Waals surface area (Å²) < 4.78 is 0.653. The minimum Gasteiger partial charge on any atom is -0.244 e. The molecule has 2 N–H and O–H groups in total. The summed E-state index contributed by atoms with van der Waals surface area (Å²) in [5, 5.41) is 13.3. The number of hydrogen-bond donors (Lipinski definition) is 1. The van der Waals surface area contributed by atoms with Crippen molar-refractivity contribution in [3.05, 3.63) is 10.6 Å². The molecule has 0 aliphatic rings. The Bertz CT molecular complexity index is 164. The number of nitriles is 1. The molecule has 0 amide bonds. The van der Waals surface area contributed by atoms with Gasteiger partial charge in [0.1, 0.15) is 0 Å². The van der Waals surface area contributed by atoms with E-state index in [4.69, 9.17) is 10.7 Å². The highest BCUT2D eigenvalue weighted by atomic mass is 79.9. The predicted molar refractivity (Wildman–Crippen MR) is 35.2 cm³/mol. The zero-order valence-electron chi connectivity index (χ0n) is 4.48. The van der Waals surface area contributed by atoms with E-state index in [-0.39, 0.29) is 5.71 Å². The topological polar surface area (TPSA) is 49.4 Å². The second-order valence-corrected chi connectivity index (χ2v) is 2.02. The van der Waals surface area contributed by atoms with Crippen molar-refractivity contribution in [3.63, 3.8) is 0 Å². The van der Waals surface area contributed by atoms with Crippen molar-refractivity contribution in [1.29, 1.82) is 5.26 Å². The van der Waals surface area contributed by atoms with Crippen LogP contribution in [0, 0.1) is 11.3 Å². The average Bonchev–Trinajstić information content (AvgIpc) is 1.84. The van der Waals surface area contributed by atoms with E-state index in [0.717, 1.165) is 0 Å². The van der Waals surface area contributed by atoms with Crippen molar-refractivity contribution in [1.82, 2.24) is 0 Å². The molecule has 0 aliphatic heterocycles. The van der Waals surface area contributed by atoms with E-state index in [1.165, 1.54) is 0 Å². The molecular formula is C5H6BrN2+. The summed E-state index contributed by atoms with van der Waals surface area (Å²) in [6.07, 6.45) is 1.72. The third kappa shape index (κ3) is 1.90. The molecule has 0 fully saturated rings. The van der Waals surface area contributed by atoms with Crippen molar-refractivity contribution in [2.24, 2.45) is 0 Å². The largest absolute Gasteiger partial charge is 0.288 e. The molecule has 0 rings (SSSR count). The molecule has 0 bridgehead atoms. The van der Waals surface area contributed by atoms with Crippen LogP contribution >= 0.6 is 15.9 Å². The van der Waals surface area contributed by atoms with Crippen LogP contribution in [0.1, 0.15) is 6.92 Å². The van der Waals surface area contributed by atoms with Gasteiger partial charge in [-0.3, -0.25) is 0 Å². The third-order valence-corrected chi connectivity index (χ3v) is 1.52. The lowest BCUT2D eigenvalue weighted by Crippen LogP contribution is -2.38. The summed E-state index contributed by atoms with van der Waals surface area (Å²) in [5.41, 5.74) is 0.215. The summed E-state index contributed by atoms with van der Waals surface area (Å²) in [6, 6.07) is 1.79. The maximum atomic E-state index is 8.15. The Morgan fingerprint density at radius 2 is 2.38 bits per heavy atom. The number of rotatable bonds is 1. The van der Waals surface area contributed by atoms with Crippen molar-refractivity contribution < 1.29 is 5.41 Å². The van der Waals surface area contributed by atoms with E-state index in [1.807, 2.05) is 0 Å². The smallest absolute Gasteiger partial charge is 0.244 e. The predicted octanol–water partition coefficient (Wildman–Crippen LogP) is 0.00878. The molecule has 0 aliphatic carbocycles. The first-order valence-electron chi connectivity index (χ1n) is 2.07. The fourth-order valence-corrected chi connectivity index (χ4v) is 0.298. The molecule has 0 radical (unpaired) electrons. The Hall–Kier alpha value is -0.620. The van der Waals surface area contributed by atoms with Gasteiger partial charge in [-0.1, -0.05) is 6.08 Å². The normalized spacial score (nSPS) is 10.4. The molecule has 8 heavy (non-hydrogen) atoms. The van der Waals surface area contributed by atoms with Crippen LogP contribution in [0.4, 0.5) is 0 Å². The SMILES string of the molecule is C/C=C(/Br)C(=[NH2+])C#N. The van der Waals surface area contributed by atoms with Gasteiger partial charge in [-0.15, -0.1) is 0 Å². The van der Waals surface area contributed by atoms with Crippen LogP contribution < -0.4 is 5.41 Å². The van der Waals surface area contributed by atoms with Gasteiger partial charge in [-0.05, 0) is 22.9 Å². The highest BCUT2D eigenvalue weighted by Gasteiger charge is 2.01.